The maximum absolute atomic E-state index is 12.2. The van der Waals surface area contributed by atoms with Crippen molar-refractivity contribution >= 4 is 27.6 Å². The molecule has 1 unspecified atom stereocenters. The second-order valence-electron chi connectivity index (χ2n) is 4.12. The van der Waals surface area contributed by atoms with Crippen molar-refractivity contribution in [1.82, 2.24) is 0 Å². The lowest BCUT2D eigenvalue weighted by Gasteiger charge is -2.21. The summed E-state index contributed by atoms with van der Waals surface area (Å²) in [6, 6.07) is 3.79. The molecule has 0 heterocycles. The van der Waals surface area contributed by atoms with E-state index in [4.69, 9.17) is 5.11 Å². The predicted octanol–water partition coefficient (Wildman–Crippen LogP) is 2.60. The van der Waals surface area contributed by atoms with Crippen LogP contribution in [0, 0.1) is 0 Å². The van der Waals surface area contributed by atoms with Crippen LogP contribution in [0.3, 0.4) is 0 Å². The lowest BCUT2D eigenvalue weighted by atomic mass is 10.1. The van der Waals surface area contributed by atoms with Crippen LogP contribution in [0.5, 0.6) is 5.75 Å². The Morgan fingerprint density at radius 2 is 2.05 bits per heavy atom. The molecule has 112 valence electrons. The van der Waals surface area contributed by atoms with Gasteiger partial charge in [0.15, 0.2) is 11.4 Å². The topological polar surface area (TPSA) is 78.8 Å². The molecule has 0 radical (unpaired) electrons. The van der Waals surface area contributed by atoms with E-state index in [1.54, 1.807) is 0 Å². The van der Waals surface area contributed by atoms with Gasteiger partial charge in [-0.2, -0.15) is 0 Å². The number of carboxylic acid groups (broad SMARTS) is 1. The average molecular weight is 358 g/mol. The molecule has 0 bridgehead atoms. The SMILES string of the molecule is CC(O)(CNc1ccc(Br)cc1OC(F)(F)F)C(=O)O. The molecule has 9 heteroatoms. The average Bonchev–Trinajstić information content (AvgIpc) is 2.25. The monoisotopic (exact) mass is 357 g/mol. The highest BCUT2D eigenvalue weighted by atomic mass is 79.9. The van der Waals surface area contributed by atoms with Gasteiger partial charge >= 0.3 is 12.3 Å². The summed E-state index contributed by atoms with van der Waals surface area (Å²) >= 11 is 3.00. The minimum atomic E-state index is -4.88. The molecule has 3 N–H and O–H groups in total. The van der Waals surface area contributed by atoms with Crippen LogP contribution in [-0.2, 0) is 4.79 Å². The van der Waals surface area contributed by atoms with Crippen molar-refractivity contribution in [3.63, 3.8) is 0 Å². The number of carbonyl (C=O) groups is 1. The summed E-state index contributed by atoms with van der Waals surface area (Å²) in [5.41, 5.74) is -2.21. The van der Waals surface area contributed by atoms with Crippen molar-refractivity contribution in [3.8, 4) is 5.75 Å². The molecule has 0 aliphatic rings. The van der Waals surface area contributed by atoms with E-state index in [2.05, 4.69) is 26.0 Å². The predicted molar refractivity (Wildman–Crippen MR) is 67.6 cm³/mol. The normalized spacial score (nSPS) is 14.5. The van der Waals surface area contributed by atoms with Gasteiger partial charge in [0.2, 0.25) is 0 Å². The summed E-state index contributed by atoms with van der Waals surface area (Å²) in [5.74, 6) is -2.03. The van der Waals surface area contributed by atoms with Gasteiger partial charge in [-0.3, -0.25) is 0 Å². The van der Waals surface area contributed by atoms with E-state index in [9.17, 15) is 23.1 Å². The standard InChI is InChI=1S/C11H11BrF3NO4/c1-10(19,9(17)18)5-16-7-3-2-6(12)4-8(7)20-11(13,14)15/h2-4,16,19H,5H2,1H3,(H,17,18). The van der Waals surface area contributed by atoms with Crippen LogP contribution in [0.4, 0.5) is 18.9 Å². The number of halogens is 4. The number of hydrogen-bond acceptors (Lipinski definition) is 4. The number of hydrogen-bond donors (Lipinski definition) is 3. The molecule has 1 atom stereocenters. The largest absolute Gasteiger partial charge is 0.573 e. The number of carboxylic acids is 1. The number of ether oxygens (including phenoxy) is 1. The summed E-state index contributed by atoms with van der Waals surface area (Å²) in [6.07, 6.45) is -4.88. The molecule has 0 spiro atoms. The van der Waals surface area contributed by atoms with Crippen molar-refractivity contribution < 1.29 is 32.9 Å². The van der Waals surface area contributed by atoms with Crippen molar-refractivity contribution in [1.29, 1.82) is 0 Å². The van der Waals surface area contributed by atoms with Crippen molar-refractivity contribution in [2.24, 2.45) is 0 Å². The molecule has 0 aliphatic heterocycles. The first-order valence-corrected chi connectivity index (χ1v) is 6.05. The third kappa shape index (κ3) is 4.89. The molecule has 0 saturated carbocycles. The third-order valence-corrected chi connectivity index (χ3v) is 2.75. The Kier molecular flexibility index (Phi) is 4.87. The van der Waals surface area contributed by atoms with E-state index in [1.165, 1.54) is 12.1 Å². The van der Waals surface area contributed by atoms with Crippen LogP contribution < -0.4 is 10.1 Å². The number of rotatable bonds is 5. The smallest absolute Gasteiger partial charge is 0.479 e. The lowest BCUT2D eigenvalue weighted by Crippen LogP contribution is -2.41. The molecule has 0 saturated heterocycles. The van der Waals surface area contributed by atoms with Gasteiger partial charge in [-0.05, 0) is 25.1 Å². The minimum absolute atomic E-state index is 0.0907. The fourth-order valence-electron chi connectivity index (χ4n) is 1.19. The molecule has 0 fully saturated rings. The van der Waals surface area contributed by atoms with E-state index in [0.29, 0.717) is 4.47 Å². The number of benzene rings is 1. The quantitative estimate of drug-likeness (QED) is 0.754. The Balaban J connectivity index is 2.92. The highest BCUT2D eigenvalue weighted by molar-refractivity contribution is 9.10. The van der Waals surface area contributed by atoms with Crippen LogP contribution in [0.1, 0.15) is 6.92 Å². The zero-order valence-electron chi connectivity index (χ0n) is 10.2. The van der Waals surface area contributed by atoms with Crippen molar-refractivity contribution in [2.75, 3.05) is 11.9 Å². The maximum atomic E-state index is 12.2. The molecule has 1 aromatic carbocycles. The first-order chi connectivity index (χ1) is 9.01. The van der Waals surface area contributed by atoms with Gasteiger partial charge in [0, 0.05) is 4.47 Å². The van der Waals surface area contributed by atoms with E-state index in [0.717, 1.165) is 13.0 Å². The van der Waals surface area contributed by atoms with Crippen molar-refractivity contribution in [2.45, 2.75) is 18.9 Å². The number of anilines is 1. The maximum Gasteiger partial charge on any atom is 0.573 e. The van der Waals surface area contributed by atoms with Gasteiger partial charge in [0.05, 0.1) is 12.2 Å². The zero-order chi connectivity index (χ0) is 15.6. The van der Waals surface area contributed by atoms with Crippen molar-refractivity contribution in [3.05, 3.63) is 22.7 Å². The Morgan fingerprint density at radius 3 is 2.55 bits per heavy atom. The third-order valence-electron chi connectivity index (χ3n) is 2.25. The van der Waals surface area contributed by atoms with E-state index >= 15 is 0 Å². The zero-order valence-corrected chi connectivity index (χ0v) is 11.7. The summed E-state index contributed by atoms with van der Waals surface area (Å²) in [4.78, 5) is 10.7. The number of aliphatic hydroxyl groups is 1. The Hall–Kier alpha value is -1.48. The van der Waals surface area contributed by atoms with Crippen LogP contribution in [0.25, 0.3) is 0 Å². The van der Waals surface area contributed by atoms with Gasteiger partial charge in [-0.1, -0.05) is 15.9 Å². The second-order valence-corrected chi connectivity index (χ2v) is 5.04. The van der Waals surface area contributed by atoms with Gasteiger partial charge < -0.3 is 20.3 Å². The van der Waals surface area contributed by atoms with E-state index < -0.39 is 30.2 Å². The second kappa shape index (κ2) is 5.88. The van der Waals surface area contributed by atoms with Crippen LogP contribution in [0.15, 0.2) is 22.7 Å². The fraction of sp³-hybridized carbons (Fsp3) is 0.364. The van der Waals surface area contributed by atoms with E-state index in [1.807, 2.05) is 0 Å². The van der Waals surface area contributed by atoms with Crippen LogP contribution in [0.2, 0.25) is 0 Å². The summed E-state index contributed by atoms with van der Waals surface area (Å²) < 4.78 is 40.9. The molecule has 20 heavy (non-hydrogen) atoms. The molecule has 0 aromatic heterocycles. The van der Waals surface area contributed by atoms with Crippen LogP contribution >= 0.6 is 15.9 Å². The molecular weight excluding hydrogens is 347 g/mol. The first-order valence-electron chi connectivity index (χ1n) is 5.26. The lowest BCUT2D eigenvalue weighted by molar-refractivity contribution is -0.274. The van der Waals surface area contributed by atoms with Gasteiger partial charge in [-0.25, -0.2) is 4.79 Å². The Bertz CT molecular complexity index is 505. The number of aliphatic carboxylic acids is 1. The van der Waals surface area contributed by atoms with Crippen LogP contribution in [-0.4, -0.2) is 34.7 Å². The van der Waals surface area contributed by atoms with Gasteiger partial charge in [-0.15, -0.1) is 13.2 Å². The number of alkyl halides is 3. The molecule has 5 nitrogen and oxygen atoms in total. The Labute approximate surface area is 120 Å². The summed E-state index contributed by atoms with van der Waals surface area (Å²) in [6.45, 7) is 0.531. The minimum Gasteiger partial charge on any atom is -0.479 e. The highest BCUT2D eigenvalue weighted by Crippen LogP contribution is 2.33. The molecule has 0 aliphatic carbocycles. The van der Waals surface area contributed by atoms with E-state index in [-0.39, 0.29) is 5.69 Å². The first kappa shape index (κ1) is 16.6. The van der Waals surface area contributed by atoms with Gasteiger partial charge in [0.1, 0.15) is 0 Å². The fourth-order valence-corrected chi connectivity index (χ4v) is 1.53. The molecule has 1 rings (SSSR count). The molecule has 0 amide bonds. The number of nitrogens with one attached hydrogen (secondary N) is 1. The Morgan fingerprint density at radius 1 is 1.45 bits per heavy atom. The van der Waals surface area contributed by atoms with Gasteiger partial charge in [0.25, 0.3) is 0 Å². The summed E-state index contributed by atoms with van der Waals surface area (Å²) in [7, 11) is 0. The highest BCUT2D eigenvalue weighted by Gasteiger charge is 2.33. The molecular formula is C11H11BrF3NO4. The molecule has 1 aromatic rings. The summed E-state index contributed by atoms with van der Waals surface area (Å²) in [5, 5.41) is 20.6.